The number of allylic oxidation sites excluding steroid dienone is 2. The second-order valence-electron chi connectivity index (χ2n) is 11.2. The maximum Gasteiger partial charge on any atom is 0.352 e. The average Bonchev–Trinajstić information content (AvgIpc) is 3.36. The molecule has 218 valence electrons. The van der Waals surface area contributed by atoms with Gasteiger partial charge in [0.25, 0.3) is 0 Å². The fourth-order valence-corrected chi connectivity index (χ4v) is 7.40. The molecule has 43 heavy (non-hydrogen) atoms. The highest BCUT2D eigenvalue weighted by atomic mass is 35.5. The number of rotatable bonds is 3. The average molecular weight is 621 g/mol. The Morgan fingerprint density at radius 1 is 0.930 bits per heavy atom. The van der Waals surface area contributed by atoms with Crippen molar-refractivity contribution in [2.24, 2.45) is 11.3 Å². The van der Waals surface area contributed by atoms with Gasteiger partial charge in [0, 0.05) is 16.5 Å². The fourth-order valence-electron chi connectivity index (χ4n) is 7.05. The van der Waals surface area contributed by atoms with E-state index in [1.54, 1.807) is 49.4 Å². The van der Waals surface area contributed by atoms with Gasteiger partial charge in [0.05, 0.1) is 40.3 Å². The van der Waals surface area contributed by atoms with E-state index < -0.39 is 52.3 Å². The van der Waals surface area contributed by atoms with E-state index in [-0.39, 0.29) is 29.4 Å². The van der Waals surface area contributed by atoms with Crippen LogP contribution >= 0.6 is 23.2 Å². The van der Waals surface area contributed by atoms with Crippen molar-refractivity contribution in [2.45, 2.75) is 31.8 Å². The lowest BCUT2D eigenvalue weighted by atomic mass is 9.56. The van der Waals surface area contributed by atoms with Crippen LogP contribution in [-0.2, 0) is 16.1 Å². The summed E-state index contributed by atoms with van der Waals surface area (Å²) in [7, 11) is 0. The van der Waals surface area contributed by atoms with E-state index in [1.165, 1.54) is 33.6 Å². The first-order valence-corrected chi connectivity index (χ1v) is 14.3. The number of para-hydroxylation sites is 1. The second kappa shape index (κ2) is 9.55. The third-order valence-electron chi connectivity index (χ3n) is 9.01. The zero-order chi connectivity index (χ0) is 30.4. The normalized spacial score (nSPS) is 24.4. The van der Waals surface area contributed by atoms with Crippen molar-refractivity contribution in [1.82, 2.24) is 13.9 Å². The molecule has 1 saturated heterocycles. The fraction of sp³-hybridized carbons (Fsp3) is 0.226. The van der Waals surface area contributed by atoms with Gasteiger partial charge in [0.2, 0.25) is 11.8 Å². The summed E-state index contributed by atoms with van der Waals surface area (Å²) in [6, 6.07) is 15.8. The van der Waals surface area contributed by atoms with Gasteiger partial charge >= 0.3 is 11.4 Å². The molecule has 0 spiro atoms. The Bertz CT molecular complexity index is 2020. The predicted octanol–water partition coefficient (Wildman–Crippen LogP) is 4.82. The van der Waals surface area contributed by atoms with E-state index >= 15 is 0 Å². The third kappa shape index (κ3) is 3.76. The van der Waals surface area contributed by atoms with Crippen LogP contribution in [0, 0.1) is 17.2 Å². The Morgan fingerprint density at radius 3 is 2.40 bits per heavy atom. The van der Waals surface area contributed by atoms with Gasteiger partial charge in [-0.25, -0.2) is 32.8 Å². The molecule has 1 saturated carbocycles. The lowest BCUT2D eigenvalue weighted by Gasteiger charge is -2.47. The van der Waals surface area contributed by atoms with Gasteiger partial charge < -0.3 is 5.11 Å². The smallest absolute Gasteiger partial charge is 0.352 e. The number of hydrogen-bond donors (Lipinski definition) is 1. The van der Waals surface area contributed by atoms with Gasteiger partial charge in [-0.2, -0.15) is 0 Å². The maximum absolute atomic E-state index is 14.4. The van der Waals surface area contributed by atoms with Crippen molar-refractivity contribution in [3.05, 3.63) is 121 Å². The number of halogens is 3. The first-order valence-electron chi connectivity index (χ1n) is 13.6. The van der Waals surface area contributed by atoms with Crippen LogP contribution in [0.5, 0.6) is 5.75 Å². The highest BCUT2D eigenvalue weighted by Gasteiger charge is 2.65. The van der Waals surface area contributed by atoms with Crippen LogP contribution in [0.25, 0.3) is 5.69 Å². The number of carbonyl (C=O) groups is 2. The van der Waals surface area contributed by atoms with E-state index in [1.807, 2.05) is 0 Å². The van der Waals surface area contributed by atoms with E-state index in [0.717, 1.165) is 15.5 Å². The van der Waals surface area contributed by atoms with Crippen LogP contribution < -0.4 is 16.3 Å². The Labute approximate surface area is 253 Å². The summed E-state index contributed by atoms with van der Waals surface area (Å²) in [5.74, 6) is -3.85. The molecule has 2 fully saturated rings. The summed E-state index contributed by atoms with van der Waals surface area (Å²) in [5, 5.41) is 11.1. The largest absolute Gasteiger partial charge is 0.508 e. The minimum atomic E-state index is -1.43. The van der Waals surface area contributed by atoms with Gasteiger partial charge in [-0.3, -0.25) is 9.59 Å². The first-order chi connectivity index (χ1) is 20.5. The lowest BCUT2D eigenvalue weighted by molar-refractivity contribution is -0.129. The molecule has 1 aromatic heterocycles. The van der Waals surface area contributed by atoms with Crippen molar-refractivity contribution < 1.29 is 19.1 Å². The van der Waals surface area contributed by atoms with Gasteiger partial charge in [0.1, 0.15) is 11.6 Å². The number of amides is 2. The highest BCUT2D eigenvalue weighted by molar-refractivity contribution is 6.32. The number of phenols is 1. The number of carbonyl (C=O) groups excluding carboxylic acids is 2. The number of aromatic hydroxyl groups is 1. The molecule has 0 bridgehead atoms. The molecule has 3 aromatic carbocycles. The topological polar surface area (TPSA) is 107 Å². The van der Waals surface area contributed by atoms with Crippen LogP contribution in [0.2, 0.25) is 10.0 Å². The Balaban J connectivity index is 1.45. The molecule has 12 heteroatoms. The second-order valence-corrected chi connectivity index (χ2v) is 12.0. The van der Waals surface area contributed by atoms with Gasteiger partial charge in [-0.1, -0.05) is 47.5 Å². The number of nitrogens with zero attached hydrogens (tertiary/aromatic N) is 4. The van der Waals surface area contributed by atoms with E-state index in [0.29, 0.717) is 21.8 Å². The summed E-state index contributed by atoms with van der Waals surface area (Å²) in [6.45, 7) is 1.68. The first kappa shape index (κ1) is 27.4. The number of anilines is 1. The lowest BCUT2D eigenvalue weighted by Crippen LogP contribution is -2.49. The molecular weight excluding hydrogens is 598 g/mol. The minimum absolute atomic E-state index is 0.0221. The van der Waals surface area contributed by atoms with Crippen LogP contribution in [0.4, 0.5) is 10.1 Å². The van der Waals surface area contributed by atoms with Crippen molar-refractivity contribution >= 4 is 40.7 Å². The zero-order valence-electron chi connectivity index (χ0n) is 22.6. The van der Waals surface area contributed by atoms with Gasteiger partial charge in [-0.05, 0) is 67.4 Å². The predicted molar refractivity (Wildman–Crippen MR) is 157 cm³/mol. The van der Waals surface area contributed by atoms with Crippen molar-refractivity contribution in [2.75, 3.05) is 4.90 Å². The monoisotopic (exact) mass is 620 g/mol. The van der Waals surface area contributed by atoms with E-state index in [9.17, 15) is 28.7 Å². The quantitative estimate of drug-likeness (QED) is 0.261. The van der Waals surface area contributed by atoms with Crippen molar-refractivity contribution in [3.63, 3.8) is 0 Å². The summed E-state index contributed by atoms with van der Waals surface area (Å²) < 4.78 is 17.8. The number of benzene rings is 3. The van der Waals surface area contributed by atoms with E-state index in [4.69, 9.17) is 23.2 Å². The molecule has 3 aliphatic rings. The number of hydrogen-bond acceptors (Lipinski definition) is 5. The number of imide groups is 1. The molecular formula is C31H23Cl2FN4O5. The number of phenolic OH excluding ortho intramolecular Hbond substituents is 1. The standard InChI is InChI=1S/C31H23Cl2FN4O5/c1-31-21(27(40)36(28(31)41)18-8-9-23(34)22(33)14-18)15-24-19(26(31)20-13-16(32)7-10-25(20)39)11-12-35-29(42)37(30(43)38(24)35)17-5-3-2-4-6-17/h2-11,13-14,21,24,26,39H,12,15H2,1H3/t21-,24+,26+,31+/m0/s1. The number of aromatic nitrogens is 3. The maximum atomic E-state index is 14.4. The summed E-state index contributed by atoms with van der Waals surface area (Å²) in [4.78, 5) is 56.9. The Kier molecular flexibility index (Phi) is 6.09. The summed E-state index contributed by atoms with van der Waals surface area (Å²) >= 11 is 12.4. The SMILES string of the molecule is C[C@@]12C(=O)N(c3ccc(F)c(Cl)c3)C(=O)[C@@H]1C[C@@H]1C(=CCn3c(=O)n(-c4ccccc4)c(=O)n31)[C@@H]2c1cc(Cl)ccc1O. The van der Waals surface area contributed by atoms with Crippen LogP contribution in [0.1, 0.15) is 30.9 Å². The minimum Gasteiger partial charge on any atom is -0.508 e. The van der Waals surface area contributed by atoms with Crippen molar-refractivity contribution in [3.8, 4) is 11.4 Å². The molecule has 7 rings (SSSR count). The van der Waals surface area contributed by atoms with Crippen LogP contribution in [-0.4, -0.2) is 30.9 Å². The molecule has 9 nitrogen and oxygen atoms in total. The summed E-state index contributed by atoms with van der Waals surface area (Å²) in [5.41, 5.74) is -1.17. The van der Waals surface area contributed by atoms with Crippen LogP contribution in [0.15, 0.2) is 88.0 Å². The molecule has 2 aliphatic heterocycles. The van der Waals surface area contributed by atoms with Crippen LogP contribution in [0.3, 0.4) is 0 Å². The molecule has 1 N–H and O–H groups in total. The Morgan fingerprint density at radius 2 is 1.67 bits per heavy atom. The third-order valence-corrected chi connectivity index (χ3v) is 9.54. The number of fused-ring (bicyclic) bond motifs is 4. The zero-order valence-corrected chi connectivity index (χ0v) is 24.1. The Hall–Kier alpha value is -4.41. The molecule has 0 unspecified atom stereocenters. The van der Waals surface area contributed by atoms with Gasteiger partial charge in [-0.15, -0.1) is 0 Å². The molecule has 0 radical (unpaired) electrons. The van der Waals surface area contributed by atoms with Gasteiger partial charge in [0.15, 0.2) is 0 Å². The molecule has 1 aliphatic carbocycles. The molecule has 4 aromatic rings. The molecule has 4 atom stereocenters. The van der Waals surface area contributed by atoms with E-state index in [2.05, 4.69) is 0 Å². The molecule has 2 amide bonds. The highest BCUT2D eigenvalue weighted by Crippen LogP contribution is 2.62. The van der Waals surface area contributed by atoms with Crippen molar-refractivity contribution in [1.29, 1.82) is 0 Å². The summed E-state index contributed by atoms with van der Waals surface area (Å²) in [6.07, 6.45) is 1.80. The molecule has 3 heterocycles.